The number of benzene rings is 4. The van der Waals surface area contributed by atoms with Gasteiger partial charge in [-0.2, -0.15) is 0 Å². The van der Waals surface area contributed by atoms with Crippen LogP contribution < -0.4 is 4.90 Å². The minimum Gasteiger partial charge on any atom is -0.347 e. The molecule has 0 radical (unpaired) electrons. The zero-order valence-electron chi connectivity index (χ0n) is 22.4. The Kier molecular flexibility index (Phi) is 5.45. The van der Waals surface area contributed by atoms with Crippen molar-refractivity contribution >= 4 is 27.9 Å². The zero-order chi connectivity index (χ0) is 25.8. The molecule has 0 spiro atoms. The molecule has 2 heteroatoms. The van der Waals surface area contributed by atoms with E-state index in [-0.39, 0.29) is 10.8 Å². The second kappa shape index (κ2) is 8.59. The van der Waals surface area contributed by atoms with E-state index in [9.17, 15) is 0 Å². The fourth-order valence-electron chi connectivity index (χ4n) is 6.39. The standard InChI is InChI=1S/C35H34N2/c1-24-13-11-18-28-32(24)36-30(35(28,4)23-25-14-7-6-8-15-25)19-12-20-31-34(2,3)29-22-21-26-16-9-10-17-27(26)33(29)37(31)5/h6-22H,23H2,1-5H3/b19-12+,31-20+. The molecule has 0 N–H and O–H groups in total. The maximum absolute atomic E-state index is 5.19. The number of para-hydroxylation sites is 1. The van der Waals surface area contributed by atoms with Gasteiger partial charge in [0.15, 0.2) is 0 Å². The van der Waals surface area contributed by atoms with Crippen LogP contribution in [0.3, 0.4) is 0 Å². The summed E-state index contributed by atoms with van der Waals surface area (Å²) in [6, 6.07) is 30.6. The predicted molar refractivity (Wildman–Crippen MR) is 158 cm³/mol. The van der Waals surface area contributed by atoms with Gasteiger partial charge in [-0.25, -0.2) is 0 Å². The SMILES string of the molecule is Cc1cccc2c1N=C(/C=C/C=C1/N(C)c3c(ccc4ccccc34)C1(C)C)C2(C)Cc1ccccc1. The van der Waals surface area contributed by atoms with E-state index >= 15 is 0 Å². The molecular formula is C35H34N2. The van der Waals surface area contributed by atoms with Gasteiger partial charge >= 0.3 is 0 Å². The number of likely N-dealkylation sites (N-methyl/N-ethyl adjacent to an activating group) is 1. The van der Waals surface area contributed by atoms with Gasteiger partial charge < -0.3 is 4.90 Å². The van der Waals surface area contributed by atoms with E-state index in [1.807, 2.05) is 0 Å². The van der Waals surface area contributed by atoms with E-state index in [0.717, 1.165) is 17.8 Å². The molecule has 184 valence electrons. The van der Waals surface area contributed by atoms with Crippen molar-refractivity contribution in [2.75, 3.05) is 11.9 Å². The third kappa shape index (κ3) is 3.66. The van der Waals surface area contributed by atoms with Crippen LogP contribution in [-0.4, -0.2) is 12.8 Å². The summed E-state index contributed by atoms with van der Waals surface area (Å²) in [5.74, 6) is 0. The van der Waals surface area contributed by atoms with E-state index in [1.54, 1.807) is 0 Å². The Morgan fingerprint density at radius 3 is 2.38 bits per heavy atom. The van der Waals surface area contributed by atoms with Crippen LogP contribution in [0.5, 0.6) is 0 Å². The van der Waals surface area contributed by atoms with E-state index < -0.39 is 0 Å². The Morgan fingerprint density at radius 1 is 0.811 bits per heavy atom. The maximum atomic E-state index is 5.19. The first kappa shape index (κ1) is 23.5. The van der Waals surface area contributed by atoms with Crippen molar-refractivity contribution in [1.29, 1.82) is 0 Å². The van der Waals surface area contributed by atoms with E-state index in [1.165, 1.54) is 44.4 Å². The van der Waals surface area contributed by atoms with Crippen molar-refractivity contribution < 1.29 is 0 Å². The first-order valence-electron chi connectivity index (χ1n) is 13.2. The molecule has 4 aromatic rings. The number of aryl methyl sites for hydroxylation is 1. The monoisotopic (exact) mass is 482 g/mol. The van der Waals surface area contributed by atoms with Crippen LogP contribution in [0.2, 0.25) is 0 Å². The minimum absolute atomic E-state index is 0.0805. The molecule has 2 nitrogen and oxygen atoms in total. The van der Waals surface area contributed by atoms with Gasteiger partial charge in [0, 0.05) is 29.0 Å². The highest BCUT2D eigenvalue weighted by molar-refractivity contribution is 6.09. The van der Waals surface area contributed by atoms with Gasteiger partial charge in [0.05, 0.1) is 17.1 Å². The molecule has 2 aliphatic rings. The Morgan fingerprint density at radius 2 is 1.57 bits per heavy atom. The largest absolute Gasteiger partial charge is 0.347 e. The zero-order valence-corrected chi connectivity index (χ0v) is 22.4. The molecule has 0 aromatic heterocycles. The molecule has 0 fully saturated rings. The molecule has 0 bridgehead atoms. The van der Waals surface area contributed by atoms with Crippen molar-refractivity contribution in [3.05, 3.63) is 131 Å². The van der Waals surface area contributed by atoms with Crippen LogP contribution >= 0.6 is 0 Å². The topological polar surface area (TPSA) is 15.6 Å². The highest BCUT2D eigenvalue weighted by Gasteiger charge is 2.40. The van der Waals surface area contributed by atoms with Gasteiger partial charge in [-0.3, -0.25) is 4.99 Å². The lowest BCUT2D eigenvalue weighted by molar-refractivity contribution is 0.640. The normalized spacial score (nSPS) is 21.1. The number of rotatable bonds is 4. The lowest BCUT2D eigenvalue weighted by Gasteiger charge is -2.27. The number of anilines is 1. The third-order valence-electron chi connectivity index (χ3n) is 8.45. The van der Waals surface area contributed by atoms with Crippen molar-refractivity contribution in [3.63, 3.8) is 0 Å². The van der Waals surface area contributed by atoms with Crippen LogP contribution in [0.1, 0.15) is 43.0 Å². The fraction of sp³-hybridized carbons (Fsp3) is 0.229. The van der Waals surface area contributed by atoms with Crippen molar-refractivity contribution in [1.82, 2.24) is 0 Å². The summed E-state index contributed by atoms with van der Waals surface area (Å²) in [6.45, 7) is 9.16. The highest BCUT2D eigenvalue weighted by atomic mass is 15.2. The predicted octanol–water partition coefficient (Wildman–Crippen LogP) is 8.60. The number of hydrogen-bond acceptors (Lipinski definition) is 2. The minimum atomic E-state index is -0.173. The van der Waals surface area contributed by atoms with E-state index in [0.29, 0.717) is 0 Å². The summed E-state index contributed by atoms with van der Waals surface area (Å²) >= 11 is 0. The summed E-state index contributed by atoms with van der Waals surface area (Å²) in [5, 5.41) is 2.59. The summed E-state index contributed by atoms with van der Waals surface area (Å²) in [7, 11) is 2.20. The maximum Gasteiger partial charge on any atom is 0.0704 e. The number of fused-ring (bicyclic) bond motifs is 4. The molecule has 0 aliphatic carbocycles. The molecule has 6 rings (SSSR count). The van der Waals surface area contributed by atoms with Gasteiger partial charge in [-0.05, 0) is 60.1 Å². The van der Waals surface area contributed by atoms with Crippen LogP contribution in [0.15, 0.2) is 114 Å². The lowest BCUT2D eigenvalue weighted by atomic mass is 9.74. The van der Waals surface area contributed by atoms with Crippen LogP contribution in [0.25, 0.3) is 10.8 Å². The van der Waals surface area contributed by atoms with Gasteiger partial charge in [-0.1, -0.05) is 105 Å². The number of nitrogens with zero attached hydrogens (tertiary/aromatic N) is 2. The first-order valence-corrected chi connectivity index (χ1v) is 13.2. The molecule has 0 saturated carbocycles. The van der Waals surface area contributed by atoms with Crippen molar-refractivity contribution in [3.8, 4) is 0 Å². The molecular weight excluding hydrogens is 448 g/mol. The Balaban J connectivity index is 1.39. The summed E-state index contributed by atoms with van der Waals surface area (Å²) < 4.78 is 0. The molecule has 0 saturated heterocycles. The summed E-state index contributed by atoms with van der Waals surface area (Å²) in [5.41, 5.74) is 9.88. The first-order chi connectivity index (χ1) is 17.8. The van der Waals surface area contributed by atoms with Gasteiger partial charge in [-0.15, -0.1) is 0 Å². The Bertz CT molecular complexity index is 1600. The molecule has 2 heterocycles. The number of aliphatic imine (C=N–C) groups is 1. The van der Waals surface area contributed by atoms with Crippen LogP contribution in [0, 0.1) is 6.92 Å². The van der Waals surface area contributed by atoms with E-state index in [4.69, 9.17) is 4.99 Å². The van der Waals surface area contributed by atoms with Crippen LogP contribution in [0.4, 0.5) is 11.4 Å². The second-order valence-corrected chi connectivity index (χ2v) is 11.2. The third-order valence-corrected chi connectivity index (χ3v) is 8.45. The number of hydrogen-bond donors (Lipinski definition) is 0. The fourth-order valence-corrected chi connectivity index (χ4v) is 6.39. The quantitative estimate of drug-likeness (QED) is 0.284. The highest BCUT2D eigenvalue weighted by Crippen LogP contribution is 2.50. The van der Waals surface area contributed by atoms with Gasteiger partial charge in [0.1, 0.15) is 0 Å². The number of allylic oxidation sites excluding steroid dienone is 4. The van der Waals surface area contributed by atoms with Crippen molar-refractivity contribution in [2.24, 2.45) is 4.99 Å². The summed E-state index contributed by atoms with van der Waals surface area (Å²) in [4.78, 5) is 7.56. The molecule has 2 aliphatic heterocycles. The lowest BCUT2D eigenvalue weighted by Crippen LogP contribution is -2.31. The van der Waals surface area contributed by atoms with Gasteiger partial charge in [0.25, 0.3) is 0 Å². The molecule has 37 heavy (non-hydrogen) atoms. The van der Waals surface area contributed by atoms with Crippen molar-refractivity contribution in [2.45, 2.75) is 44.9 Å². The molecule has 1 atom stereocenters. The smallest absolute Gasteiger partial charge is 0.0704 e. The van der Waals surface area contributed by atoms with E-state index in [2.05, 4.69) is 143 Å². The second-order valence-electron chi connectivity index (χ2n) is 11.2. The van der Waals surface area contributed by atoms with Gasteiger partial charge in [0.2, 0.25) is 0 Å². The Hall–Kier alpha value is -3.91. The average Bonchev–Trinajstić information content (AvgIpc) is 3.28. The molecule has 4 aromatic carbocycles. The molecule has 1 unspecified atom stereocenters. The molecule has 0 amide bonds. The summed E-state index contributed by atoms with van der Waals surface area (Å²) in [6.07, 6.45) is 7.66. The Labute approximate surface area is 220 Å². The van der Waals surface area contributed by atoms with Crippen LogP contribution in [-0.2, 0) is 17.3 Å². The average molecular weight is 483 g/mol.